The average molecular weight is 284 g/mol. The highest BCUT2D eigenvalue weighted by molar-refractivity contribution is 5.10. The third-order valence-corrected chi connectivity index (χ3v) is 3.63. The summed E-state index contributed by atoms with van der Waals surface area (Å²) in [6.07, 6.45) is -0.826. The fraction of sp³-hybridized carbons (Fsp3) is 0.667. The van der Waals surface area contributed by atoms with Crippen LogP contribution in [0.2, 0.25) is 0 Å². The number of halogens is 1. The van der Waals surface area contributed by atoms with Crippen LogP contribution in [0.15, 0.2) is 17.1 Å². The van der Waals surface area contributed by atoms with Gasteiger partial charge in [0.05, 0.1) is 0 Å². The highest BCUT2D eigenvalue weighted by Gasteiger charge is 2.66. The number of aromatic nitrogens is 2. The van der Waals surface area contributed by atoms with Gasteiger partial charge in [0.2, 0.25) is 0 Å². The molecule has 0 aliphatic carbocycles. The Hall–Kier alpha value is -1.51. The van der Waals surface area contributed by atoms with Gasteiger partial charge in [-0.2, -0.15) is 4.98 Å². The van der Waals surface area contributed by atoms with Crippen LogP contribution in [0.1, 0.15) is 20.1 Å². The number of hydrogen-bond acceptors (Lipinski definition) is 6. The summed E-state index contributed by atoms with van der Waals surface area (Å²) >= 11 is 0. The van der Waals surface area contributed by atoms with Crippen molar-refractivity contribution in [2.45, 2.75) is 43.9 Å². The van der Waals surface area contributed by atoms with Crippen LogP contribution in [0.3, 0.4) is 0 Å². The largest absolute Gasteiger partial charge is 0.458 e. The first-order chi connectivity index (χ1) is 9.38. The van der Waals surface area contributed by atoms with Crippen LogP contribution in [0, 0.1) is 0 Å². The summed E-state index contributed by atoms with van der Waals surface area (Å²) in [5.41, 5.74) is -0.456. The number of hydrogen-bond donors (Lipinski definition) is 0. The molecule has 1 aromatic heterocycles. The summed E-state index contributed by atoms with van der Waals surface area (Å²) in [7, 11) is 0. The molecule has 2 saturated heterocycles. The van der Waals surface area contributed by atoms with Gasteiger partial charge in [0.15, 0.2) is 24.7 Å². The van der Waals surface area contributed by atoms with Gasteiger partial charge >= 0.3 is 6.01 Å². The van der Waals surface area contributed by atoms with Crippen LogP contribution in [0.25, 0.3) is 0 Å². The molecule has 1 aromatic rings. The lowest BCUT2D eigenvalue weighted by molar-refractivity contribution is -0.256. The van der Waals surface area contributed by atoms with E-state index in [4.69, 9.17) is 18.9 Å². The molecule has 4 heterocycles. The van der Waals surface area contributed by atoms with E-state index in [1.54, 1.807) is 13.8 Å². The van der Waals surface area contributed by atoms with Crippen molar-refractivity contribution in [1.82, 2.24) is 9.55 Å². The molecule has 1 unspecified atom stereocenters. The summed E-state index contributed by atoms with van der Waals surface area (Å²) < 4.78 is 38.3. The van der Waals surface area contributed by atoms with E-state index in [1.165, 1.54) is 16.8 Å². The Balaban J connectivity index is 1.83. The zero-order valence-corrected chi connectivity index (χ0v) is 10.9. The van der Waals surface area contributed by atoms with Crippen molar-refractivity contribution < 1.29 is 23.3 Å². The predicted molar refractivity (Wildman–Crippen MR) is 61.8 cm³/mol. The Morgan fingerprint density at radius 1 is 1.40 bits per heavy atom. The molecule has 4 rings (SSSR count). The van der Waals surface area contributed by atoms with Gasteiger partial charge in [0, 0.05) is 12.3 Å². The van der Waals surface area contributed by atoms with E-state index in [1.807, 2.05) is 0 Å². The van der Waals surface area contributed by atoms with Crippen molar-refractivity contribution >= 4 is 0 Å². The molecule has 7 nitrogen and oxygen atoms in total. The second-order valence-corrected chi connectivity index (χ2v) is 5.56. The lowest BCUT2D eigenvalue weighted by atomic mass is 10.1. The Kier molecular flexibility index (Phi) is 2.19. The van der Waals surface area contributed by atoms with Gasteiger partial charge in [-0.3, -0.25) is 9.36 Å². The smallest absolute Gasteiger partial charge is 0.302 e. The third-order valence-electron chi connectivity index (χ3n) is 3.63. The summed E-state index contributed by atoms with van der Waals surface area (Å²) in [4.78, 5) is 15.0. The minimum atomic E-state index is -2.13. The summed E-state index contributed by atoms with van der Waals surface area (Å²) in [6, 6.07) is 1.28. The van der Waals surface area contributed by atoms with Crippen molar-refractivity contribution in [2.24, 2.45) is 0 Å². The van der Waals surface area contributed by atoms with Gasteiger partial charge in [0.25, 0.3) is 11.4 Å². The molecule has 0 saturated carbocycles. The highest BCUT2D eigenvalue weighted by atomic mass is 19.2. The molecular formula is C12H13FN2O5. The fourth-order valence-electron chi connectivity index (χ4n) is 2.86. The molecular weight excluding hydrogens is 271 g/mol. The molecule has 108 valence electrons. The number of fused-ring (bicyclic) bond motifs is 7. The van der Waals surface area contributed by atoms with Crippen LogP contribution in [0.5, 0.6) is 6.01 Å². The van der Waals surface area contributed by atoms with E-state index in [0.717, 1.165) is 0 Å². The number of alkyl halides is 1. The second-order valence-electron chi connectivity index (χ2n) is 5.56. The monoisotopic (exact) mass is 284 g/mol. The average Bonchev–Trinajstić information content (AvgIpc) is 2.75. The predicted octanol–water partition coefficient (Wildman–Crippen LogP) is 0.350. The molecule has 0 spiro atoms. The van der Waals surface area contributed by atoms with Gasteiger partial charge in [0.1, 0.15) is 6.10 Å². The van der Waals surface area contributed by atoms with E-state index in [2.05, 4.69) is 4.98 Å². The van der Waals surface area contributed by atoms with Gasteiger partial charge in [-0.05, 0) is 13.8 Å². The fourth-order valence-corrected chi connectivity index (χ4v) is 2.86. The number of ether oxygens (including phenoxy) is 4. The Morgan fingerprint density at radius 3 is 3.00 bits per heavy atom. The zero-order chi connectivity index (χ0) is 14.1. The maximum Gasteiger partial charge on any atom is 0.302 e. The standard InChI is InChI=1S/C12H13FN2O5/c1-11(2)18-7-8(19-11)12(13)5-17-10-14-6(16)3-4-15(10)9(7)20-12/h3-4,7-9H,5H2,1-2H3/t7-,8?,9+,12+/m0/s1. The first-order valence-electron chi connectivity index (χ1n) is 6.32. The van der Waals surface area contributed by atoms with Crippen molar-refractivity contribution in [2.75, 3.05) is 6.61 Å². The topological polar surface area (TPSA) is 71.8 Å². The quantitative estimate of drug-likeness (QED) is 0.684. The maximum atomic E-state index is 14.9. The van der Waals surface area contributed by atoms with Gasteiger partial charge in [-0.15, -0.1) is 0 Å². The lowest BCUT2D eigenvalue weighted by Crippen LogP contribution is -2.44. The summed E-state index contributed by atoms with van der Waals surface area (Å²) in [5.74, 6) is -3.02. The summed E-state index contributed by atoms with van der Waals surface area (Å²) in [6.45, 7) is 3.03. The van der Waals surface area contributed by atoms with Crippen LogP contribution in [-0.2, 0) is 14.2 Å². The molecule has 0 aromatic carbocycles. The maximum absolute atomic E-state index is 14.9. The van der Waals surface area contributed by atoms with Gasteiger partial charge < -0.3 is 18.9 Å². The van der Waals surface area contributed by atoms with E-state index in [9.17, 15) is 9.18 Å². The van der Waals surface area contributed by atoms with Crippen LogP contribution in [-0.4, -0.2) is 40.0 Å². The van der Waals surface area contributed by atoms with Crippen molar-refractivity contribution in [3.8, 4) is 6.01 Å². The molecule has 20 heavy (non-hydrogen) atoms. The third kappa shape index (κ3) is 1.55. The van der Waals surface area contributed by atoms with Gasteiger partial charge in [-0.1, -0.05) is 0 Å². The number of rotatable bonds is 0. The van der Waals surface area contributed by atoms with Crippen LogP contribution >= 0.6 is 0 Å². The molecule has 3 aliphatic rings. The normalized spacial score (nSPS) is 40.6. The summed E-state index contributed by atoms with van der Waals surface area (Å²) in [5, 5.41) is 0. The van der Waals surface area contributed by atoms with Crippen LogP contribution in [0.4, 0.5) is 4.39 Å². The molecule has 0 amide bonds. The molecule has 8 heteroatoms. The SMILES string of the molecule is CC1(C)OC2[C@H](O1)[C@H]1O[C@]2(F)COc2nc(=O)ccn21. The minimum Gasteiger partial charge on any atom is -0.458 e. The Morgan fingerprint density at radius 2 is 2.20 bits per heavy atom. The van der Waals surface area contributed by atoms with E-state index in [-0.39, 0.29) is 6.01 Å². The Bertz CT molecular complexity index is 633. The molecule has 2 bridgehead atoms. The second kappa shape index (κ2) is 3.57. The van der Waals surface area contributed by atoms with Crippen molar-refractivity contribution in [3.63, 3.8) is 0 Å². The molecule has 2 fully saturated rings. The zero-order valence-electron chi connectivity index (χ0n) is 10.9. The van der Waals surface area contributed by atoms with E-state index >= 15 is 0 Å². The molecule has 3 aliphatic heterocycles. The first-order valence-corrected chi connectivity index (χ1v) is 6.32. The minimum absolute atomic E-state index is 0.0220. The van der Waals surface area contributed by atoms with E-state index < -0.39 is 42.2 Å². The highest BCUT2D eigenvalue weighted by Crippen LogP contribution is 2.50. The van der Waals surface area contributed by atoms with Crippen molar-refractivity contribution in [3.05, 3.63) is 22.6 Å². The number of nitrogens with zero attached hydrogens (tertiary/aromatic N) is 2. The first kappa shape index (κ1) is 12.2. The lowest BCUT2D eigenvalue weighted by Gasteiger charge is -2.25. The molecule has 0 radical (unpaired) electrons. The van der Waals surface area contributed by atoms with E-state index in [0.29, 0.717) is 0 Å². The molecule has 4 atom stereocenters. The van der Waals surface area contributed by atoms with Crippen LogP contribution < -0.4 is 10.3 Å². The van der Waals surface area contributed by atoms with Crippen molar-refractivity contribution in [1.29, 1.82) is 0 Å². The van der Waals surface area contributed by atoms with Gasteiger partial charge in [-0.25, -0.2) is 4.39 Å². The Labute approximate surface area is 113 Å². The molecule has 0 N–H and O–H groups in total.